The molecule has 0 spiro atoms. The van der Waals surface area contributed by atoms with E-state index in [-0.39, 0.29) is 11.5 Å². The van der Waals surface area contributed by atoms with Crippen molar-refractivity contribution in [2.75, 3.05) is 37.4 Å². The fourth-order valence-corrected chi connectivity index (χ4v) is 4.15. The van der Waals surface area contributed by atoms with Gasteiger partial charge in [0.15, 0.2) is 0 Å². The van der Waals surface area contributed by atoms with Crippen LogP contribution in [0.3, 0.4) is 0 Å². The van der Waals surface area contributed by atoms with E-state index in [1.54, 1.807) is 6.07 Å². The first-order valence-corrected chi connectivity index (χ1v) is 11.2. The van der Waals surface area contributed by atoms with Crippen molar-refractivity contribution >= 4 is 29.2 Å². The summed E-state index contributed by atoms with van der Waals surface area (Å²) < 4.78 is 0. The number of nitrogens with one attached hydrogen (secondary N) is 2. The normalized spacial score (nSPS) is 15.1. The molecule has 1 amide bonds. The highest BCUT2D eigenvalue weighted by molar-refractivity contribution is 6.17. The van der Waals surface area contributed by atoms with E-state index in [0.717, 1.165) is 49.1 Å². The van der Waals surface area contributed by atoms with Crippen molar-refractivity contribution in [3.63, 3.8) is 0 Å². The van der Waals surface area contributed by atoms with E-state index in [2.05, 4.69) is 35.3 Å². The molecule has 1 aliphatic rings. The first-order chi connectivity index (χ1) is 15.8. The summed E-state index contributed by atoms with van der Waals surface area (Å²) in [6.07, 6.45) is 3.19. The van der Waals surface area contributed by atoms with Crippen LogP contribution in [0.2, 0.25) is 0 Å². The Labute approximate surface area is 196 Å². The third-order valence-corrected chi connectivity index (χ3v) is 6.18. The Morgan fingerprint density at radius 2 is 1.88 bits per heavy atom. The molecule has 2 aromatic carbocycles. The smallest absolute Gasteiger partial charge is 0.262 e. The average Bonchev–Trinajstić information content (AvgIpc) is 2.81. The SMILES string of the molecule is CC([NH2+]c1ccc(C)cc1)=C(C=N)C(=O)Nc1ccc(N2CCC(N(C)C)CC2)c(C#N)c1. The molecule has 4 N–H and O–H groups in total. The van der Waals surface area contributed by atoms with Crippen molar-refractivity contribution in [1.82, 2.24) is 4.90 Å². The average molecular weight is 446 g/mol. The van der Waals surface area contributed by atoms with Crippen LogP contribution in [0.1, 0.15) is 30.9 Å². The Kier molecular flexibility index (Phi) is 7.99. The Hall–Kier alpha value is -3.47. The zero-order valence-electron chi connectivity index (χ0n) is 19.9. The molecule has 33 heavy (non-hydrogen) atoms. The maximum atomic E-state index is 12.9. The minimum Gasteiger partial charge on any atom is -0.370 e. The molecule has 7 nitrogen and oxygen atoms in total. The summed E-state index contributed by atoms with van der Waals surface area (Å²) in [4.78, 5) is 17.4. The van der Waals surface area contributed by atoms with E-state index in [1.165, 1.54) is 0 Å². The van der Waals surface area contributed by atoms with Gasteiger partial charge < -0.3 is 20.5 Å². The molecule has 172 valence electrons. The van der Waals surface area contributed by atoms with Crippen molar-refractivity contribution in [2.45, 2.75) is 32.7 Å². The lowest BCUT2D eigenvalue weighted by atomic mass is 10.0. The van der Waals surface area contributed by atoms with Crippen LogP contribution in [0.15, 0.2) is 53.7 Å². The first-order valence-electron chi connectivity index (χ1n) is 11.2. The molecule has 1 heterocycles. The van der Waals surface area contributed by atoms with Gasteiger partial charge in [0.25, 0.3) is 5.91 Å². The molecule has 1 saturated heterocycles. The predicted molar refractivity (Wildman–Crippen MR) is 133 cm³/mol. The van der Waals surface area contributed by atoms with Crippen LogP contribution < -0.4 is 15.5 Å². The van der Waals surface area contributed by atoms with Gasteiger partial charge in [-0.25, -0.2) is 0 Å². The summed E-state index contributed by atoms with van der Waals surface area (Å²) >= 11 is 0. The number of allylic oxidation sites excluding steroid dienone is 1. The van der Waals surface area contributed by atoms with Gasteiger partial charge in [-0.1, -0.05) is 17.7 Å². The lowest BCUT2D eigenvalue weighted by Crippen LogP contribution is -2.75. The van der Waals surface area contributed by atoms with Gasteiger partial charge in [0.2, 0.25) is 0 Å². The van der Waals surface area contributed by atoms with E-state index in [9.17, 15) is 10.1 Å². The highest BCUT2D eigenvalue weighted by Gasteiger charge is 2.23. The van der Waals surface area contributed by atoms with E-state index < -0.39 is 0 Å². The number of benzene rings is 2. The minimum absolute atomic E-state index is 0.281. The van der Waals surface area contributed by atoms with Crippen molar-refractivity contribution in [2.24, 2.45) is 0 Å². The van der Waals surface area contributed by atoms with Gasteiger partial charge in [0.1, 0.15) is 23.0 Å². The second-order valence-electron chi connectivity index (χ2n) is 8.78. The second-order valence-corrected chi connectivity index (χ2v) is 8.78. The number of nitrogens with zero attached hydrogens (tertiary/aromatic N) is 3. The zero-order chi connectivity index (χ0) is 24.0. The number of piperidine rings is 1. The van der Waals surface area contributed by atoms with Crippen LogP contribution in [-0.2, 0) is 4.79 Å². The summed E-state index contributed by atoms with van der Waals surface area (Å²) in [6.45, 7) is 5.65. The number of aryl methyl sites for hydroxylation is 1. The highest BCUT2D eigenvalue weighted by atomic mass is 16.1. The number of nitriles is 1. The number of hydrogen-bond acceptors (Lipinski definition) is 5. The molecule has 0 unspecified atom stereocenters. The molecular weight excluding hydrogens is 412 g/mol. The molecule has 1 aliphatic heterocycles. The standard InChI is InChI=1S/C26H32N6O/c1-18-5-7-21(8-6-18)29-19(2)24(17-28)26(33)30-22-9-10-25(20(15-22)16-27)32-13-11-23(12-14-32)31(3)4/h5-10,15,17,23,28-29H,11-14H2,1-4H3,(H,30,33)/p+1. The van der Waals surface area contributed by atoms with Crippen molar-refractivity contribution in [3.05, 3.63) is 64.9 Å². The molecule has 3 rings (SSSR count). The number of carbonyl (C=O) groups is 1. The highest BCUT2D eigenvalue weighted by Crippen LogP contribution is 2.27. The Morgan fingerprint density at radius 1 is 1.21 bits per heavy atom. The van der Waals surface area contributed by atoms with Crippen LogP contribution in [-0.4, -0.2) is 50.2 Å². The number of quaternary nitrogens is 1. The van der Waals surface area contributed by atoms with Crippen LogP contribution in [0.4, 0.5) is 17.1 Å². The number of nitrogens with two attached hydrogens (primary N) is 1. The number of amides is 1. The van der Waals surface area contributed by atoms with E-state index in [1.807, 2.05) is 55.6 Å². The molecule has 0 aliphatic carbocycles. The Bertz CT molecular complexity index is 1070. The number of rotatable bonds is 7. The van der Waals surface area contributed by atoms with Gasteiger partial charge in [0, 0.05) is 38.0 Å². The molecule has 0 bridgehead atoms. The van der Waals surface area contributed by atoms with Gasteiger partial charge in [-0.3, -0.25) is 10.1 Å². The monoisotopic (exact) mass is 445 g/mol. The summed E-state index contributed by atoms with van der Waals surface area (Å²) in [5.41, 5.74) is 5.11. The van der Waals surface area contributed by atoms with Gasteiger partial charge >= 0.3 is 0 Å². The Morgan fingerprint density at radius 3 is 2.45 bits per heavy atom. The number of carbonyl (C=O) groups excluding carboxylic acids is 1. The molecule has 0 radical (unpaired) electrons. The molecule has 0 atom stereocenters. The molecule has 1 fully saturated rings. The third kappa shape index (κ3) is 6.07. The summed E-state index contributed by atoms with van der Waals surface area (Å²) in [6, 6.07) is 16.3. The molecular formula is C26H33N6O+. The maximum absolute atomic E-state index is 12.9. The summed E-state index contributed by atoms with van der Waals surface area (Å²) in [5.74, 6) is -0.366. The second kappa shape index (κ2) is 10.9. The first kappa shape index (κ1) is 24.2. The van der Waals surface area contributed by atoms with Crippen LogP contribution in [0, 0.1) is 23.7 Å². The minimum atomic E-state index is -0.366. The topological polar surface area (TPSA) is 99.8 Å². The lowest BCUT2D eigenvalue weighted by molar-refractivity contribution is -0.517. The third-order valence-electron chi connectivity index (χ3n) is 6.18. The van der Waals surface area contributed by atoms with Crippen LogP contribution in [0.5, 0.6) is 0 Å². The molecule has 0 aromatic heterocycles. The largest absolute Gasteiger partial charge is 0.370 e. The van der Waals surface area contributed by atoms with Gasteiger partial charge in [-0.2, -0.15) is 5.26 Å². The van der Waals surface area contributed by atoms with Crippen LogP contribution in [0.25, 0.3) is 0 Å². The van der Waals surface area contributed by atoms with Crippen molar-refractivity contribution in [1.29, 1.82) is 10.7 Å². The number of anilines is 2. The van der Waals surface area contributed by atoms with E-state index in [0.29, 0.717) is 23.0 Å². The Balaban J connectivity index is 1.73. The quantitative estimate of drug-likeness (QED) is 0.346. The fourth-order valence-electron chi connectivity index (χ4n) is 4.15. The molecule has 2 aromatic rings. The molecule has 7 heteroatoms. The van der Waals surface area contributed by atoms with E-state index in [4.69, 9.17) is 5.41 Å². The summed E-state index contributed by atoms with van der Waals surface area (Å²) in [7, 11) is 4.21. The maximum Gasteiger partial charge on any atom is 0.262 e. The fraction of sp³-hybridized carbons (Fsp3) is 0.346. The molecule has 0 saturated carbocycles. The van der Waals surface area contributed by atoms with Crippen LogP contribution >= 0.6 is 0 Å². The van der Waals surface area contributed by atoms with E-state index >= 15 is 0 Å². The van der Waals surface area contributed by atoms with Crippen molar-refractivity contribution < 1.29 is 10.1 Å². The van der Waals surface area contributed by atoms with Gasteiger partial charge in [-0.05, 0) is 64.2 Å². The van der Waals surface area contributed by atoms with Gasteiger partial charge in [0.05, 0.1) is 11.3 Å². The number of hydrogen-bond donors (Lipinski definition) is 3. The lowest BCUT2D eigenvalue weighted by Gasteiger charge is -2.36. The zero-order valence-corrected chi connectivity index (χ0v) is 19.9. The predicted octanol–water partition coefficient (Wildman–Crippen LogP) is 3.15. The van der Waals surface area contributed by atoms with Gasteiger partial charge in [-0.15, -0.1) is 0 Å². The van der Waals surface area contributed by atoms with Crippen molar-refractivity contribution in [3.8, 4) is 6.07 Å². The summed E-state index contributed by atoms with van der Waals surface area (Å²) in [5, 5.41) is 22.2.